The van der Waals surface area contributed by atoms with Gasteiger partial charge in [-0.1, -0.05) is 0 Å². The van der Waals surface area contributed by atoms with Gasteiger partial charge in [-0.25, -0.2) is 0 Å². The van der Waals surface area contributed by atoms with Gasteiger partial charge in [0.05, 0.1) is 6.61 Å². The molecule has 1 atom stereocenters. The Bertz CT molecular complexity index is 264. The molecule has 2 heterocycles. The lowest BCUT2D eigenvalue weighted by molar-refractivity contribution is 0.418. The second kappa shape index (κ2) is 2.08. The van der Waals surface area contributed by atoms with Crippen molar-refractivity contribution in [3.63, 3.8) is 0 Å². The molecule has 1 fully saturated rings. The first kappa shape index (κ1) is 6.21. The van der Waals surface area contributed by atoms with Crippen molar-refractivity contribution in [3.8, 4) is 0 Å². The maximum atomic E-state index is 5.24. The first-order valence-corrected chi connectivity index (χ1v) is 4.98. The Morgan fingerprint density at radius 3 is 3.09 bits per heavy atom. The zero-order chi connectivity index (χ0) is 7.26. The number of hydrogen-bond acceptors (Lipinski definition) is 2. The normalized spacial score (nSPS) is 27.1. The van der Waals surface area contributed by atoms with Crippen molar-refractivity contribution in [1.29, 1.82) is 0 Å². The summed E-state index contributed by atoms with van der Waals surface area (Å²) >= 11 is 1.97. The summed E-state index contributed by atoms with van der Waals surface area (Å²) in [7, 11) is 0. The topological polar surface area (TPSA) is 12.5 Å². The number of thiophene rings is 1. The molecule has 0 N–H and O–H groups in total. The minimum absolute atomic E-state index is 0.477. The summed E-state index contributed by atoms with van der Waals surface area (Å²) in [5.41, 5.74) is 1.60. The molecule has 0 aromatic carbocycles. The van der Waals surface area contributed by atoms with Crippen LogP contribution in [0.25, 0.3) is 0 Å². The molecule has 0 amide bonds. The van der Waals surface area contributed by atoms with Crippen LogP contribution in [0.3, 0.4) is 0 Å². The van der Waals surface area contributed by atoms with Crippen molar-refractivity contribution < 1.29 is 4.74 Å². The van der Waals surface area contributed by atoms with Crippen molar-refractivity contribution >= 4 is 11.3 Å². The molecule has 58 valence electrons. The van der Waals surface area contributed by atoms with Gasteiger partial charge in [0.15, 0.2) is 0 Å². The fourth-order valence-electron chi connectivity index (χ4n) is 1.72. The summed E-state index contributed by atoms with van der Waals surface area (Å²) in [6.45, 7) is 0.958. The zero-order valence-corrected chi connectivity index (χ0v) is 7.12. The molecule has 1 aromatic rings. The highest BCUT2D eigenvalue weighted by atomic mass is 32.1. The van der Waals surface area contributed by atoms with Crippen LogP contribution in [-0.4, -0.2) is 6.61 Å². The van der Waals surface area contributed by atoms with Crippen LogP contribution in [0.1, 0.15) is 27.8 Å². The molecule has 0 spiro atoms. The molecule has 0 radical (unpaired) electrons. The summed E-state index contributed by atoms with van der Waals surface area (Å²) in [6, 6.07) is 2.35. The summed E-state index contributed by atoms with van der Waals surface area (Å²) in [6.07, 6.45) is 4.46. The van der Waals surface area contributed by atoms with Gasteiger partial charge in [0.25, 0.3) is 0 Å². The quantitative estimate of drug-likeness (QED) is 0.583. The van der Waals surface area contributed by atoms with Gasteiger partial charge in [-0.15, -0.1) is 11.3 Å². The second-order valence-corrected chi connectivity index (χ2v) is 4.44. The minimum Gasteiger partial charge on any atom is -0.367 e. The standard InChI is InChI=1S/C9H10OS/c1-2-6-4-9(7-5-10-7)11-8(6)3-1/h4,7H,1-3,5H2. The molecule has 2 aliphatic rings. The molecule has 1 aromatic heterocycles. The van der Waals surface area contributed by atoms with Gasteiger partial charge < -0.3 is 4.74 Å². The first-order valence-electron chi connectivity index (χ1n) is 4.16. The maximum absolute atomic E-state index is 5.24. The summed E-state index contributed by atoms with van der Waals surface area (Å²) in [4.78, 5) is 3.09. The van der Waals surface area contributed by atoms with E-state index in [-0.39, 0.29) is 0 Å². The Morgan fingerprint density at radius 2 is 2.36 bits per heavy atom. The van der Waals surface area contributed by atoms with E-state index in [4.69, 9.17) is 4.74 Å². The number of aryl methyl sites for hydroxylation is 2. The molecule has 1 saturated heterocycles. The first-order chi connectivity index (χ1) is 5.43. The van der Waals surface area contributed by atoms with Crippen LogP contribution in [-0.2, 0) is 17.6 Å². The molecular formula is C9H10OS. The lowest BCUT2D eigenvalue weighted by Crippen LogP contribution is -1.73. The molecule has 1 unspecified atom stereocenters. The van der Waals surface area contributed by atoms with Gasteiger partial charge in [-0.3, -0.25) is 0 Å². The van der Waals surface area contributed by atoms with Gasteiger partial charge in [0, 0.05) is 9.75 Å². The molecule has 1 aliphatic carbocycles. The van der Waals surface area contributed by atoms with E-state index in [1.165, 1.54) is 24.1 Å². The Kier molecular flexibility index (Phi) is 1.17. The molecule has 1 aliphatic heterocycles. The molecule has 1 nitrogen and oxygen atoms in total. The molecule has 11 heavy (non-hydrogen) atoms. The van der Waals surface area contributed by atoms with E-state index in [0.717, 1.165) is 6.61 Å². The number of epoxide rings is 1. The highest BCUT2D eigenvalue weighted by Crippen LogP contribution is 2.39. The van der Waals surface area contributed by atoms with E-state index in [1.54, 1.807) is 10.4 Å². The van der Waals surface area contributed by atoms with Crippen LogP contribution in [0.5, 0.6) is 0 Å². The van der Waals surface area contributed by atoms with Gasteiger partial charge >= 0.3 is 0 Å². The van der Waals surface area contributed by atoms with Crippen LogP contribution >= 0.6 is 11.3 Å². The van der Waals surface area contributed by atoms with Gasteiger partial charge in [0.2, 0.25) is 0 Å². The summed E-state index contributed by atoms with van der Waals surface area (Å²) in [5.74, 6) is 0. The Morgan fingerprint density at radius 1 is 1.45 bits per heavy atom. The lowest BCUT2D eigenvalue weighted by atomic mass is 10.2. The van der Waals surface area contributed by atoms with E-state index in [1.807, 2.05) is 11.3 Å². The van der Waals surface area contributed by atoms with E-state index >= 15 is 0 Å². The number of fused-ring (bicyclic) bond motifs is 1. The van der Waals surface area contributed by atoms with Crippen LogP contribution in [0.15, 0.2) is 6.07 Å². The van der Waals surface area contributed by atoms with E-state index in [2.05, 4.69) is 6.07 Å². The van der Waals surface area contributed by atoms with Crippen molar-refractivity contribution in [2.45, 2.75) is 25.4 Å². The summed E-state index contributed by atoms with van der Waals surface area (Å²) in [5, 5.41) is 0. The minimum atomic E-state index is 0.477. The SMILES string of the molecule is c1c(C2CO2)sc2c1CCC2. The number of ether oxygens (including phenoxy) is 1. The second-order valence-electron chi connectivity index (χ2n) is 3.27. The highest BCUT2D eigenvalue weighted by molar-refractivity contribution is 7.12. The fraction of sp³-hybridized carbons (Fsp3) is 0.556. The fourth-order valence-corrected chi connectivity index (χ4v) is 3.01. The predicted octanol–water partition coefficient (Wildman–Crippen LogP) is 2.31. The Labute approximate surface area is 70.0 Å². The van der Waals surface area contributed by atoms with E-state index < -0.39 is 0 Å². The monoisotopic (exact) mass is 166 g/mol. The molecule has 2 heteroatoms. The molecule has 0 saturated carbocycles. The molecule has 0 bridgehead atoms. The highest BCUT2D eigenvalue weighted by Gasteiger charge is 2.28. The average molecular weight is 166 g/mol. The van der Waals surface area contributed by atoms with E-state index in [9.17, 15) is 0 Å². The summed E-state index contributed by atoms with van der Waals surface area (Å²) < 4.78 is 5.24. The zero-order valence-electron chi connectivity index (χ0n) is 6.30. The lowest BCUT2D eigenvalue weighted by Gasteiger charge is -1.86. The number of rotatable bonds is 1. The maximum Gasteiger partial charge on any atom is 0.115 e. The number of hydrogen-bond donors (Lipinski definition) is 0. The smallest absolute Gasteiger partial charge is 0.115 e. The van der Waals surface area contributed by atoms with Crippen LogP contribution in [0.2, 0.25) is 0 Å². The Hall–Kier alpha value is -0.340. The van der Waals surface area contributed by atoms with Crippen molar-refractivity contribution in [2.75, 3.05) is 6.61 Å². The Balaban J connectivity index is 2.02. The van der Waals surface area contributed by atoms with Gasteiger partial charge in [-0.2, -0.15) is 0 Å². The third-order valence-corrected chi connectivity index (χ3v) is 3.75. The molecular weight excluding hydrogens is 156 g/mol. The molecule has 3 rings (SSSR count). The largest absolute Gasteiger partial charge is 0.367 e. The third kappa shape index (κ3) is 0.932. The average Bonchev–Trinajstić information content (AvgIpc) is 2.60. The predicted molar refractivity (Wildman–Crippen MR) is 45.0 cm³/mol. The van der Waals surface area contributed by atoms with Crippen molar-refractivity contribution in [1.82, 2.24) is 0 Å². The van der Waals surface area contributed by atoms with Crippen LogP contribution in [0.4, 0.5) is 0 Å². The van der Waals surface area contributed by atoms with E-state index in [0.29, 0.717) is 6.10 Å². The van der Waals surface area contributed by atoms with Crippen molar-refractivity contribution in [2.24, 2.45) is 0 Å². The van der Waals surface area contributed by atoms with Crippen LogP contribution in [0, 0.1) is 0 Å². The van der Waals surface area contributed by atoms with Gasteiger partial charge in [0.1, 0.15) is 6.10 Å². The third-order valence-electron chi connectivity index (χ3n) is 2.42. The van der Waals surface area contributed by atoms with Crippen LogP contribution < -0.4 is 0 Å². The van der Waals surface area contributed by atoms with Crippen molar-refractivity contribution in [3.05, 3.63) is 21.4 Å². The van der Waals surface area contributed by atoms with Gasteiger partial charge in [-0.05, 0) is 30.9 Å².